The highest BCUT2D eigenvalue weighted by Gasteiger charge is 2.11. The third-order valence-electron chi connectivity index (χ3n) is 2.88. The molecule has 0 aliphatic rings. The quantitative estimate of drug-likeness (QED) is 0.878. The Morgan fingerprint density at radius 3 is 2.53 bits per heavy atom. The molecule has 0 amide bonds. The highest BCUT2D eigenvalue weighted by molar-refractivity contribution is 9.10. The van der Waals surface area contributed by atoms with E-state index in [9.17, 15) is 0 Å². The van der Waals surface area contributed by atoms with Crippen LogP contribution in [0.2, 0.25) is 0 Å². The number of nitrogens with zero attached hydrogens (tertiary/aromatic N) is 3. The summed E-state index contributed by atoms with van der Waals surface area (Å²) in [4.78, 5) is 0. The first kappa shape index (κ1) is 14.2. The molecular weight excluding hydrogens is 308 g/mol. The van der Waals surface area contributed by atoms with Crippen LogP contribution in [0.15, 0.2) is 28.7 Å². The zero-order valence-corrected chi connectivity index (χ0v) is 12.4. The van der Waals surface area contributed by atoms with Crippen LogP contribution in [0.3, 0.4) is 0 Å². The van der Waals surface area contributed by atoms with Crippen molar-refractivity contribution in [2.45, 2.75) is 19.5 Å². The van der Waals surface area contributed by atoms with Crippen LogP contribution in [0, 0.1) is 0 Å². The third-order valence-corrected chi connectivity index (χ3v) is 3.41. The molecule has 0 bridgehead atoms. The van der Waals surface area contributed by atoms with Crippen molar-refractivity contribution in [3.63, 3.8) is 0 Å². The molecule has 1 aromatic carbocycles. The molecule has 2 N–H and O–H groups in total. The number of halogens is 1. The largest absolute Gasteiger partial charge is 0.383 e. The number of hydrogen-bond donors (Lipinski definition) is 1. The van der Waals surface area contributed by atoms with Gasteiger partial charge in [0.05, 0.1) is 13.2 Å². The second-order valence-electron chi connectivity index (χ2n) is 4.18. The third kappa shape index (κ3) is 3.62. The van der Waals surface area contributed by atoms with E-state index in [1.165, 1.54) is 5.56 Å². The molecule has 1 heterocycles. The summed E-state index contributed by atoms with van der Waals surface area (Å²) in [6.07, 6.45) is 0.740. The maximum absolute atomic E-state index is 5.68. The van der Waals surface area contributed by atoms with Crippen LogP contribution in [0.5, 0.6) is 0 Å². The van der Waals surface area contributed by atoms with E-state index in [-0.39, 0.29) is 0 Å². The van der Waals surface area contributed by atoms with Gasteiger partial charge in [0.15, 0.2) is 0 Å². The van der Waals surface area contributed by atoms with Gasteiger partial charge in [-0.15, -0.1) is 10.2 Å². The average molecular weight is 325 g/mol. The minimum atomic E-state index is 0.386. The number of nitrogens with two attached hydrogens (primary N) is 1. The minimum absolute atomic E-state index is 0.386. The molecule has 0 aliphatic heterocycles. The molecule has 6 heteroatoms. The Bertz CT molecular complexity index is 524. The first-order valence-electron chi connectivity index (χ1n) is 6.09. The molecule has 1 aromatic heterocycles. The predicted molar refractivity (Wildman–Crippen MR) is 76.7 cm³/mol. The van der Waals surface area contributed by atoms with E-state index in [4.69, 9.17) is 10.5 Å². The summed E-state index contributed by atoms with van der Waals surface area (Å²) in [7, 11) is 1.68. The summed E-state index contributed by atoms with van der Waals surface area (Å²) in [5.41, 5.74) is 6.87. The first-order chi connectivity index (χ1) is 9.24. The molecule has 19 heavy (non-hydrogen) atoms. The maximum Gasteiger partial charge on any atom is 0.146 e. The van der Waals surface area contributed by atoms with Crippen LogP contribution in [0.25, 0.3) is 0 Å². The number of benzene rings is 1. The predicted octanol–water partition coefficient (Wildman–Crippen LogP) is 1.74. The Morgan fingerprint density at radius 2 is 1.89 bits per heavy atom. The highest BCUT2D eigenvalue weighted by Crippen LogP contribution is 2.14. The van der Waals surface area contributed by atoms with Crippen LogP contribution >= 0.6 is 15.9 Å². The second kappa shape index (κ2) is 6.79. The molecule has 0 spiro atoms. The van der Waals surface area contributed by atoms with Gasteiger partial charge in [-0.25, -0.2) is 0 Å². The van der Waals surface area contributed by atoms with Crippen molar-refractivity contribution in [3.8, 4) is 0 Å². The van der Waals surface area contributed by atoms with E-state index in [1.807, 2.05) is 16.7 Å². The minimum Gasteiger partial charge on any atom is -0.383 e. The zero-order chi connectivity index (χ0) is 13.7. The normalized spacial score (nSPS) is 10.9. The zero-order valence-electron chi connectivity index (χ0n) is 10.8. The summed E-state index contributed by atoms with van der Waals surface area (Å²) < 4.78 is 8.21. The Labute approximate surface area is 120 Å². The molecule has 2 rings (SSSR count). The van der Waals surface area contributed by atoms with Crippen molar-refractivity contribution in [3.05, 3.63) is 46.0 Å². The Morgan fingerprint density at radius 1 is 1.21 bits per heavy atom. The Balaban J connectivity index is 2.19. The van der Waals surface area contributed by atoms with E-state index in [1.54, 1.807) is 7.11 Å². The number of rotatable bonds is 6. The lowest BCUT2D eigenvalue weighted by molar-refractivity contribution is 0.185. The van der Waals surface area contributed by atoms with Crippen LogP contribution in [0.4, 0.5) is 0 Å². The molecule has 5 nitrogen and oxygen atoms in total. The molecule has 0 atom stereocenters. The topological polar surface area (TPSA) is 66.0 Å². The molecule has 0 saturated carbocycles. The molecule has 0 fully saturated rings. The average Bonchev–Trinajstić information content (AvgIpc) is 2.81. The van der Waals surface area contributed by atoms with Crippen LogP contribution in [-0.2, 0) is 24.2 Å². The van der Waals surface area contributed by atoms with Crippen LogP contribution in [0.1, 0.15) is 17.2 Å². The highest BCUT2D eigenvalue weighted by atomic mass is 79.9. The number of ether oxygens (including phenoxy) is 1. The first-order valence-corrected chi connectivity index (χ1v) is 6.88. The van der Waals surface area contributed by atoms with E-state index in [2.05, 4.69) is 38.3 Å². The fourth-order valence-electron chi connectivity index (χ4n) is 1.88. The number of methoxy groups -OCH3 is 1. The van der Waals surface area contributed by atoms with E-state index >= 15 is 0 Å². The van der Waals surface area contributed by atoms with Gasteiger partial charge in [0.2, 0.25) is 0 Å². The van der Waals surface area contributed by atoms with Crippen LogP contribution in [-0.4, -0.2) is 28.5 Å². The van der Waals surface area contributed by atoms with E-state index in [0.717, 1.165) is 29.1 Å². The lowest BCUT2D eigenvalue weighted by Crippen LogP contribution is -2.14. The molecule has 0 saturated heterocycles. The molecule has 102 valence electrons. The summed E-state index contributed by atoms with van der Waals surface area (Å²) in [5.74, 6) is 1.71. The molecule has 2 aromatic rings. The summed E-state index contributed by atoms with van der Waals surface area (Å²) in [5, 5.41) is 8.35. The van der Waals surface area contributed by atoms with Crippen molar-refractivity contribution < 1.29 is 4.74 Å². The standard InChI is InChI=1S/C13H17BrN4O/c1-19-7-6-18-12(16-17-13(18)9-15)8-10-2-4-11(14)5-3-10/h2-5H,6-9,15H2,1H3. The van der Waals surface area contributed by atoms with Gasteiger partial charge in [0.1, 0.15) is 11.6 Å². The van der Waals surface area contributed by atoms with Gasteiger partial charge in [-0.2, -0.15) is 0 Å². The smallest absolute Gasteiger partial charge is 0.146 e. The molecule has 0 radical (unpaired) electrons. The summed E-state index contributed by atoms with van der Waals surface area (Å²) >= 11 is 3.43. The van der Waals surface area contributed by atoms with Crippen molar-refractivity contribution in [2.24, 2.45) is 5.73 Å². The van der Waals surface area contributed by atoms with Gasteiger partial charge in [0.25, 0.3) is 0 Å². The van der Waals surface area contributed by atoms with Gasteiger partial charge < -0.3 is 15.0 Å². The van der Waals surface area contributed by atoms with Crippen molar-refractivity contribution in [1.82, 2.24) is 14.8 Å². The van der Waals surface area contributed by atoms with Crippen LogP contribution < -0.4 is 5.73 Å². The van der Waals surface area contributed by atoms with Gasteiger partial charge in [0, 0.05) is 24.5 Å². The van der Waals surface area contributed by atoms with Gasteiger partial charge in [-0.1, -0.05) is 28.1 Å². The van der Waals surface area contributed by atoms with E-state index < -0.39 is 0 Å². The summed E-state index contributed by atoms with van der Waals surface area (Å²) in [6.45, 7) is 1.73. The molecular formula is C13H17BrN4O. The molecule has 0 unspecified atom stereocenters. The maximum atomic E-state index is 5.68. The van der Waals surface area contributed by atoms with Crippen molar-refractivity contribution in [2.75, 3.05) is 13.7 Å². The van der Waals surface area contributed by atoms with Crippen molar-refractivity contribution >= 4 is 15.9 Å². The number of aromatic nitrogens is 3. The fourth-order valence-corrected chi connectivity index (χ4v) is 2.14. The Hall–Kier alpha value is -1.24. The lowest BCUT2D eigenvalue weighted by Gasteiger charge is -2.09. The SMILES string of the molecule is COCCn1c(CN)nnc1Cc1ccc(Br)cc1. The lowest BCUT2D eigenvalue weighted by atomic mass is 10.1. The second-order valence-corrected chi connectivity index (χ2v) is 5.10. The Kier molecular flexibility index (Phi) is 5.07. The molecule has 0 aliphatic carbocycles. The van der Waals surface area contributed by atoms with Gasteiger partial charge >= 0.3 is 0 Å². The van der Waals surface area contributed by atoms with Gasteiger partial charge in [-0.05, 0) is 17.7 Å². The number of hydrogen-bond acceptors (Lipinski definition) is 4. The van der Waals surface area contributed by atoms with Gasteiger partial charge in [-0.3, -0.25) is 0 Å². The monoisotopic (exact) mass is 324 g/mol. The fraction of sp³-hybridized carbons (Fsp3) is 0.385. The summed E-state index contributed by atoms with van der Waals surface area (Å²) in [6, 6.07) is 8.19. The van der Waals surface area contributed by atoms with E-state index in [0.29, 0.717) is 13.2 Å². The van der Waals surface area contributed by atoms with Crippen molar-refractivity contribution in [1.29, 1.82) is 0 Å².